The Bertz CT molecular complexity index is 377. The molecule has 0 bridgehead atoms. The van der Waals surface area contributed by atoms with Crippen molar-refractivity contribution in [3.05, 3.63) is 23.3 Å². The number of amides is 1. The van der Waals surface area contributed by atoms with E-state index < -0.39 is 0 Å². The van der Waals surface area contributed by atoms with E-state index in [0.29, 0.717) is 23.6 Å². The van der Waals surface area contributed by atoms with Crippen molar-refractivity contribution in [1.29, 1.82) is 0 Å². The predicted molar refractivity (Wildman–Crippen MR) is 66.9 cm³/mol. The molecule has 4 nitrogen and oxygen atoms in total. The zero-order valence-electron chi connectivity index (χ0n) is 10.8. The first kappa shape index (κ1) is 13.4. The van der Waals surface area contributed by atoms with Gasteiger partial charge < -0.3 is 14.8 Å². The molecule has 1 aromatic carbocycles. The fourth-order valence-corrected chi connectivity index (χ4v) is 1.73. The van der Waals surface area contributed by atoms with Crippen molar-refractivity contribution in [3.8, 4) is 11.5 Å². The number of carbonyl (C=O) groups excluding carboxylic acids is 1. The molecule has 94 valence electrons. The zero-order valence-corrected chi connectivity index (χ0v) is 10.8. The van der Waals surface area contributed by atoms with Crippen molar-refractivity contribution in [1.82, 2.24) is 5.32 Å². The van der Waals surface area contributed by atoms with Gasteiger partial charge in [0.25, 0.3) is 5.91 Å². The molecule has 0 heterocycles. The lowest BCUT2D eigenvalue weighted by molar-refractivity contribution is 0.0955. The quantitative estimate of drug-likeness (QED) is 0.852. The van der Waals surface area contributed by atoms with Crippen LogP contribution < -0.4 is 14.8 Å². The summed E-state index contributed by atoms with van der Waals surface area (Å²) in [6.07, 6.45) is 0.794. The lowest BCUT2D eigenvalue weighted by Crippen LogP contribution is -2.22. The Hall–Kier alpha value is -1.71. The molecule has 0 aliphatic carbocycles. The molecule has 0 saturated heterocycles. The van der Waals surface area contributed by atoms with E-state index in [0.717, 1.165) is 12.0 Å². The molecule has 0 aliphatic heterocycles. The van der Waals surface area contributed by atoms with E-state index in [2.05, 4.69) is 5.32 Å². The first-order valence-corrected chi connectivity index (χ1v) is 5.70. The summed E-state index contributed by atoms with van der Waals surface area (Å²) in [6, 6.07) is 3.48. The van der Waals surface area contributed by atoms with Crippen LogP contribution in [0.1, 0.15) is 29.8 Å². The zero-order chi connectivity index (χ0) is 12.8. The minimum absolute atomic E-state index is 0.119. The van der Waals surface area contributed by atoms with Crippen molar-refractivity contribution < 1.29 is 14.3 Å². The molecule has 4 heteroatoms. The van der Waals surface area contributed by atoms with Crippen LogP contribution in [0, 0.1) is 0 Å². The Morgan fingerprint density at radius 2 is 1.71 bits per heavy atom. The predicted octanol–water partition coefficient (Wildman–Crippen LogP) is 2.02. The minimum Gasteiger partial charge on any atom is -0.496 e. The van der Waals surface area contributed by atoms with Gasteiger partial charge in [0.15, 0.2) is 0 Å². The average molecular weight is 237 g/mol. The van der Waals surface area contributed by atoms with Gasteiger partial charge in [-0.1, -0.05) is 6.92 Å². The summed E-state index contributed by atoms with van der Waals surface area (Å²) in [7, 11) is 3.19. The molecule has 1 aromatic rings. The summed E-state index contributed by atoms with van der Waals surface area (Å²) in [4.78, 5) is 11.8. The van der Waals surface area contributed by atoms with Crippen LogP contribution in [0.4, 0.5) is 0 Å². The number of methoxy groups -OCH3 is 2. The number of carbonyl (C=O) groups is 1. The molecule has 0 aromatic heterocycles. The number of hydrogen-bond donors (Lipinski definition) is 1. The Labute approximate surface area is 102 Å². The van der Waals surface area contributed by atoms with Gasteiger partial charge in [-0.05, 0) is 25.5 Å². The van der Waals surface area contributed by atoms with Crippen LogP contribution in [0.5, 0.6) is 11.5 Å². The van der Waals surface area contributed by atoms with E-state index in [-0.39, 0.29) is 5.91 Å². The standard InChI is InChI=1S/C13H19NO3/c1-5-10-11(16-3)7-9(8-12(10)17-4)13(15)14-6-2/h7-8H,5-6H2,1-4H3,(H,14,15). The lowest BCUT2D eigenvalue weighted by Gasteiger charge is -2.14. The van der Waals surface area contributed by atoms with Crippen LogP contribution in [0.25, 0.3) is 0 Å². The molecule has 0 aliphatic rings. The van der Waals surface area contributed by atoms with Crippen molar-refractivity contribution in [2.45, 2.75) is 20.3 Å². The van der Waals surface area contributed by atoms with Crippen LogP contribution in [0.15, 0.2) is 12.1 Å². The third kappa shape index (κ3) is 2.90. The summed E-state index contributed by atoms with van der Waals surface area (Å²) < 4.78 is 10.6. The molecular formula is C13H19NO3. The monoisotopic (exact) mass is 237 g/mol. The maximum Gasteiger partial charge on any atom is 0.251 e. The van der Waals surface area contributed by atoms with E-state index in [1.165, 1.54) is 0 Å². The van der Waals surface area contributed by atoms with Crippen LogP contribution in [-0.2, 0) is 6.42 Å². The summed E-state index contributed by atoms with van der Waals surface area (Å²) in [5.41, 5.74) is 1.53. The second-order valence-electron chi connectivity index (χ2n) is 3.57. The minimum atomic E-state index is -0.119. The third-order valence-corrected chi connectivity index (χ3v) is 2.56. The fraction of sp³-hybridized carbons (Fsp3) is 0.462. The van der Waals surface area contributed by atoms with E-state index >= 15 is 0 Å². The number of hydrogen-bond acceptors (Lipinski definition) is 3. The Kier molecular flexibility index (Phi) is 4.82. The van der Waals surface area contributed by atoms with Gasteiger partial charge in [0.05, 0.1) is 14.2 Å². The topological polar surface area (TPSA) is 47.6 Å². The summed E-state index contributed by atoms with van der Waals surface area (Å²) in [5.74, 6) is 1.26. The Morgan fingerprint density at radius 3 is 2.06 bits per heavy atom. The highest BCUT2D eigenvalue weighted by Gasteiger charge is 2.14. The largest absolute Gasteiger partial charge is 0.496 e. The second-order valence-corrected chi connectivity index (χ2v) is 3.57. The average Bonchev–Trinajstić information content (AvgIpc) is 2.37. The normalized spacial score (nSPS) is 9.88. The third-order valence-electron chi connectivity index (χ3n) is 2.56. The molecular weight excluding hydrogens is 218 g/mol. The lowest BCUT2D eigenvalue weighted by atomic mass is 10.1. The van der Waals surface area contributed by atoms with Gasteiger partial charge in [-0.3, -0.25) is 4.79 Å². The highest BCUT2D eigenvalue weighted by molar-refractivity contribution is 5.95. The molecule has 17 heavy (non-hydrogen) atoms. The van der Waals surface area contributed by atoms with Crippen LogP contribution in [-0.4, -0.2) is 26.7 Å². The number of ether oxygens (including phenoxy) is 2. The van der Waals surface area contributed by atoms with Gasteiger partial charge in [-0.2, -0.15) is 0 Å². The summed E-state index contributed by atoms with van der Waals surface area (Å²) in [6.45, 7) is 4.50. The first-order valence-electron chi connectivity index (χ1n) is 5.70. The Balaban J connectivity index is 3.22. The molecule has 0 atom stereocenters. The van der Waals surface area contributed by atoms with Crippen LogP contribution in [0.3, 0.4) is 0 Å². The van der Waals surface area contributed by atoms with Gasteiger partial charge in [-0.25, -0.2) is 0 Å². The van der Waals surface area contributed by atoms with Crippen molar-refractivity contribution >= 4 is 5.91 Å². The van der Waals surface area contributed by atoms with E-state index in [9.17, 15) is 4.79 Å². The molecule has 0 saturated carbocycles. The smallest absolute Gasteiger partial charge is 0.251 e. The van der Waals surface area contributed by atoms with Gasteiger partial charge in [0, 0.05) is 17.7 Å². The van der Waals surface area contributed by atoms with E-state index in [1.807, 2.05) is 13.8 Å². The molecule has 1 rings (SSSR count). The molecule has 1 amide bonds. The van der Waals surface area contributed by atoms with Crippen LogP contribution >= 0.6 is 0 Å². The molecule has 0 fully saturated rings. The second kappa shape index (κ2) is 6.13. The molecule has 0 spiro atoms. The maximum absolute atomic E-state index is 11.8. The van der Waals surface area contributed by atoms with Crippen molar-refractivity contribution in [2.75, 3.05) is 20.8 Å². The van der Waals surface area contributed by atoms with Crippen molar-refractivity contribution in [2.24, 2.45) is 0 Å². The van der Waals surface area contributed by atoms with Gasteiger partial charge in [0.1, 0.15) is 11.5 Å². The summed E-state index contributed by atoms with van der Waals surface area (Å²) >= 11 is 0. The molecule has 0 radical (unpaired) electrons. The van der Waals surface area contributed by atoms with Crippen molar-refractivity contribution in [3.63, 3.8) is 0 Å². The number of rotatable bonds is 5. The highest BCUT2D eigenvalue weighted by atomic mass is 16.5. The Morgan fingerprint density at radius 1 is 1.18 bits per heavy atom. The number of benzene rings is 1. The van der Waals surface area contributed by atoms with Gasteiger partial charge in [-0.15, -0.1) is 0 Å². The van der Waals surface area contributed by atoms with Gasteiger partial charge >= 0.3 is 0 Å². The van der Waals surface area contributed by atoms with E-state index in [1.54, 1.807) is 26.4 Å². The first-order chi connectivity index (χ1) is 8.17. The molecule has 0 unspecified atom stereocenters. The number of nitrogens with one attached hydrogen (secondary N) is 1. The fourth-order valence-electron chi connectivity index (χ4n) is 1.73. The van der Waals surface area contributed by atoms with E-state index in [4.69, 9.17) is 9.47 Å². The van der Waals surface area contributed by atoms with Crippen LogP contribution in [0.2, 0.25) is 0 Å². The SMILES string of the molecule is CCNC(=O)c1cc(OC)c(CC)c(OC)c1. The molecule has 1 N–H and O–H groups in total. The summed E-state index contributed by atoms with van der Waals surface area (Å²) in [5, 5.41) is 2.75. The van der Waals surface area contributed by atoms with Gasteiger partial charge in [0.2, 0.25) is 0 Å². The maximum atomic E-state index is 11.8. The highest BCUT2D eigenvalue weighted by Crippen LogP contribution is 2.30.